The Labute approximate surface area is 159 Å². The van der Waals surface area contributed by atoms with Crippen LogP contribution in [0.2, 0.25) is 5.02 Å². The first-order chi connectivity index (χ1) is 12.8. The molecule has 2 aromatic rings. The molecule has 0 aliphatic rings. The Bertz CT molecular complexity index is 846. The zero-order chi connectivity index (χ0) is 20.0. The van der Waals surface area contributed by atoms with Gasteiger partial charge in [0.2, 0.25) is 5.91 Å². The molecule has 1 amide bonds. The van der Waals surface area contributed by atoms with E-state index in [1.54, 1.807) is 19.1 Å². The van der Waals surface area contributed by atoms with Crippen LogP contribution in [-0.2, 0) is 9.53 Å². The van der Waals surface area contributed by atoms with E-state index < -0.39 is 12.6 Å². The minimum atomic E-state index is -2.98. The Balaban J connectivity index is 1.98. The molecule has 0 aliphatic carbocycles. The minimum absolute atomic E-state index is 0.0117. The van der Waals surface area contributed by atoms with Gasteiger partial charge in [0, 0.05) is 11.4 Å². The number of anilines is 2. The van der Waals surface area contributed by atoms with Gasteiger partial charge in [0.1, 0.15) is 5.75 Å². The first-order valence-electron chi connectivity index (χ1n) is 7.77. The van der Waals surface area contributed by atoms with Crippen molar-refractivity contribution in [1.29, 1.82) is 0 Å². The van der Waals surface area contributed by atoms with Crippen molar-refractivity contribution in [2.75, 3.05) is 24.3 Å². The lowest BCUT2D eigenvalue weighted by atomic mass is 10.1. The van der Waals surface area contributed by atoms with E-state index in [1.807, 2.05) is 0 Å². The summed E-state index contributed by atoms with van der Waals surface area (Å²) < 4.78 is 33.3. The van der Waals surface area contributed by atoms with Gasteiger partial charge in [-0.1, -0.05) is 17.7 Å². The number of alkyl halides is 2. The summed E-state index contributed by atoms with van der Waals surface area (Å²) in [6, 6.07) is 8.91. The van der Waals surface area contributed by atoms with Crippen molar-refractivity contribution in [1.82, 2.24) is 0 Å². The molecule has 0 radical (unpaired) electrons. The van der Waals surface area contributed by atoms with Crippen molar-refractivity contribution in [2.24, 2.45) is 0 Å². The minimum Gasteiger partial charge on any atom is -0.465 e. The van der Waals surface area contributed by atoms with Crippen molar-refractivity contribution >= 4 is 34.9 Å². The number of carbonyl (C=O) groups excluding carboxylic acids is 2. The molecule has 27 heavy (non-hydrogen) atoms. The van der Waals surface area contributed by atoms with Crippen LogP contribution in [0.5, 0.6) is 5.75 Å². The Morgan fingerprint density at radius 3 is 2.56 bits per heavy atom. The number of aryl methyl sites for hydroxylation is 1. The fraction of sp³-hybridized carbons (Fsp3) is 0.222. The lowest BCUT2D eigenvalue weighted by Crippen LogP contribution is -2.22. The number of nitrogens with one attached hydrogen (secondary N) is 2. The van der Waals surface area contributed by atoms with Gasteiger partial charge in [-0.15, -0.1) is 0 Å². The van der Waals surface area contributed by atoms with Crippen LogP contribution >= 0.6 is 11.6 Å². The zero-order valence-electron chi connectivity index (χ0n) is 14.5. The van der Waals surface area contributed by atoms with Crippen molar-refractivity contribution in [3.8, 4) is 5.75 Å². The number of carbonyl (C=O) groups is 2. The molecule has 2 aromatic carbocycles. The van der Waals surface area contributed by atoms with Crippen LogP contribution in [-0.4, -0.2) is 32.1 Å². The van der Waals surface area contributed by atoms with E-state index in [1.165, 1.54) is 31.4 Å². The highest BCUT2D eigenvalue weighted by molar-refractivity contribution is 6.32. The van der Waals surface area contributed by atoms with Gasteiger partial charge in [0.15, 0.2) is 0 Å². The standard InChI is InChI=1S/C18H17ClF2N2O4/c1-10-3-4-11(17(25)26-2)7-14(10)23-16(24)9-22-12-5-6-15(13(19)8-12)27-18(20)21/h3-8,18,22H,9H2,1-2H3,(H,23,24). The van der Waals surface area contributed by atoms with E-state index in [2.05, 4.69) is 20.1 Å². The number of amides is 1. The molecule has 9 heteroatoms. The van der Waals surface area contributed by atoms with E-state index in [-0.39, 0.29) is 23.2 Å². The molecule has 0 aromatic heterocycles. The molecule has 0 unspecified atom stereocenters. The molecule has 0 saturated heterocycles. The zero-order valence-corrected chi connectivity index (χ0v) is 15.3. The van der Waals surface area contributed by atoms with Crippen LogP contribution in [0.25, 0.3) is 0 Å². The fourth-order valence-electron chi connectivity index (χ4n) is 2.18. The van der Waals surface area contributed by atoms with Gasteiger partial charge in [-0.05, 0) is 42.8 Å². The average Bonchev–Trinajstić information content (AvgIpc) is 2.63. The highest BCUT2D eigenvalue weighted by Crippen LogP contribution is 2.28. The number of halogens is 3. The summed E-state index contributed by atoms with van der Waals surface area (Å²) in [5.41, 5.74) is 2.01. The lowest BCUT2D eigenvalue weighted by Gasteiger charge is -2.12. The van der Waals surface area contributed by atoms with E-state index in [9.17, 15) is 18.4 Å². The smallest absolute Gasteiger partial charge is 0.387 e. The molecule has 0 spiro atoms. The Kier molecular flexibility index (Phi) is 6.95. The van der Waals surface area contributed by atoms with Gasteiger partial charge >= 0.3 is 12.6 Å². The van der Waals surface area contributed by atoms with E-state index >= 15 is 0 Å². The van der Waals surface area contributed by atoms with Gasteiger partial charge in [-0.25, -0.2) is 4.79 Å². The highest BCUT2D eigenvalue weighted by Gasteiger charge is 2.12. The molecule has 0 heterocycles. The summed E-state index contributed by atoms with van der Waals surface area (Å²) in [6.45, 7) is -1.30. The first-order valence-corrected chi connectivity index (χ1v) is 8.15. The van der Waals surface area contributed by atoms with Crippen molar-refractivity contribution in [3.05, 3.63) is 52.5 Å². The molecule has 0 fully saturated rings. The molecule has 0 aliphatic heterocycles. The summed E-state index contributed by atoms with van der Waals surface area (Å²) in [7, 11) is 1.27. The Morgan fingerprint density at radius 2 is 1.93 bits per heavy atom. The normalized spacial score (nSPS) is 10.4. The lowest BCUT2D eigenvalue weighted by molar-refractivity contribution is -0.114. The summed E-state index contributed by atoms with van der Waals surface area (Å²) in [5.74, 6) is -1.04. The van der Waals surface area contributed by atoms with Crippen molar-refractivity contribution in [2.45, 2.75) is 13.5 Å². The van der Waals surface area contributed by atoms with Crippen molar-refractivity contribution in [3.63, 3.8) is 0 Å². The third kappa shape index (κ3) is 5.82. The second-order valence-electron chi connectivity index (χ2n) is 5.45. The summed E-state index contributed by atoms with van der Waals surface area (Å²) in [6.07, 6.45) is 0. The van der Waals surface area contributed by atoms with E-state index in [4.69, 9.17) is 11.6 Å². The maximum Gasteiger partial charge on any atom is 0.387 e. The van der Waals surface area contributed by atoms with Crippen LogP contribution in [0.15, 0.2) is 36.4 Å². The molecule has 0 bridgehead atoms. The van der Waals surface area contributed by atoms with Crippen molar-refractivity contribution < 1.29 is 27.8 Å². The average molecular weight is 399 g/mol. The number of rotatable bonds is 7. The van der Waals surface area contributed by atoms with Gasteiger partial charge in [-0.2, -0.15) is 8.78 Å². The number of benzene rings is 2. The Hall–Kier alpha value is -2.87. The quantitative estimate of drug-likeness (QED) is 0.687. The number of hydrogen-bond acceptors (Lipinski definition) is 5. The predicted molar refractivity (Wildman–Crippen MR) is 97.7 cm³/mol. The molecule has 0 atom stereocenters. The van der Waals surface area contributed by atoms with Crippen LogP contribution < -0.4 is 15.4 Å². The molecular weight excluding hydrogens is 382 g/mol. The first kappa shape index (κ1) is 20.4. The topological polar surface area (TPSA) is 76.7 Å². The maximum absolute atomic E-state index is 12.2. The highest BCUT2D eigenvalue weighted by atomic mass is 35.5. The molecule has 6 nitrogen and oxygen atoms in total. The molecule has 2 rings (SSSR count). The summed E-state index contributed by atoms with van der Waals surface area (Å²) in [5, 5.41) is 5.50. The van der Waals surface area contributed by atoms with Crippen LogP contribution in [0.3, 0.4) is 0 Å². The van der Waals surface area contributed by atoms with Crippen LogP contribution in [0.1, 0.15) is 15.9 Å². The van der Waals surface area contributed by atoms with Gasteiger partial charge in [0.05, 0.1) is 24.2 Å². The number of hydrogen-bond donors (Lipinski definition) is 2. The Morgan fingerprint density at radius 1 is 1.19 bits per heavy atom. The maximum atomic E-state index is 12.2. The fourth-order valence-corrected chi connectivity index (χ4v) is 2.41. The SMILES string of the molecule is COC(=O)c1ccc(C)c(NC(=O)CNc2ccc(OC(F)F)c(Cl)c2)c1. The van der Waals surface area contributed by atoms with Gasteiger partial charge in [0.25, 0.3) is 0 Å². The monoisotopic (exact) mass is 398 g/mol. The molecule has 0 saturated carbocycles. The second-order valence-corrected chi connectivity index (χ2v) is 5.85. The second kappa shape index (κ2) is 9.18. The number of esters is 1. The number of ether oxygens (including phenoxy) is 2. The third-order valence-corrected chi connectivity index (χ3v) is 3.83. The van der Waals surface area contributed by atoms with E-state index in [0.29, 0.717) is 16.9 Å². The predicted octanol–water partition coefficient (Wildman–Crippen LogP) is 4.09. The molecule has 2 N–H and O–H groups in total. The number of methoxy groups -OCH3 is 1. The van der Waals surface area contributed by atoms with Gasteiger partial charge < -0.3 is 20.1 Å². The van der Waals surface area contributed by atoms with Crippen LogP contribution in [0.4, 0.5) is 20.2 Å². The molecular formula is C18H17ClF2N2O4. The summed E-state index contributed by atoms with van der Waals surface area (Å²) in [4.78, 5) is 23.7. The molecule has 144 valence electrons. The van der Waals surface area contributed by atoms with Crippen LogP contribution in [0, 0.1) is 6.92 Å². The third-order valence-electron chi connectivity index (χ3n) is 3.53. The van der Waals surface area contributed by atoms with E-state index in [0.717, 1.165) is 5.56 Å². The van der Waals surface area contributed by atoms with Gasteiger partial charge in [-0.3, -0.25) is 4.79 Å². The largest absolute Gasteiger partial charge is 0.465 e. The summed E-state index contributed by atoms with van der Waals surface area (Å²) >= 11 is 5.86.